The third-order valence-electron chi connectivity index (χ3n) is 4.13. The van der Waals surface area contributed by atoms with Gasteiger partial charge in [0.1, 0.15) is 0 Å². The topological polar surface area (TPSA) is 72.5 Å². The molecule has 26 heavy (non-hydrogen) atoms. The number of rotatable bonds is 7. The van der Waals surface area contributed by atoms with Crippen LogP contribution in [0.1, 0.15) is 47.8 Å². The Morgan fingerprint density at radius 3 is 2.35 bits per heavy atom. The molecule has 0 amide bonds. The Morgan fingerprint density at radius 2 is 1.77 bits per heavy atom. The maximum Gasteiger partial charge on any atom is 0.338 e. The van der Waals surface area contributed by atoms with Crippen LogP contribution in [0.2, 0.25) is 0 Å². The number of aryl methyl sites for hydroxylation is 1. The fraction of sp³-hybridized carbons (Fsp3) is 0.350. The number of nitrogens with one attached hydrogen (secondary N) is 1. The van der Waals surface area contributed by atoms with Gasteiger partial charge >= 0.3 is 5.97 Å². The van der Waals surface area contributed by atoms with Crippen LogP contribution in [0.25, 0.3) is 0 Å². The van der Waals surface area contributed by atoms with E-state index in [1.165, 1.54) is 19.2 Å². The first-order valence-electron chi connectivity index (χ1n) is 8.51. The van der Waals surface area contributed by atoms with E-state index in [-0.39, 0.29) is 16.5 Å². The van der Waals surface area contributed by atoms with Crippen LogP contribution in [0.5, 0.6) is 0 Å². The number of benzene rings is 2. The van der Waals surface area contributed by atoms with Crippen LogP contribution in [0.15, 0.2) is 53.4 Å². The molecule has 0 unspecified atom stereocenters. The van der Waals surface area contributed by atoms with Gasteiger partial charge in [-0.3, -0.25) is 0 Å². The molecule has 0 bridgehead atoms. The zero-order valence-electron chi connectivity index (χ0n) is 15.5. The van der Waals surface area contributed by atoms with Gasteiger partial charge in [-0.2, -0.15) is 0 Å². The second-order valence-electron chi connectivity index (χ2n) is 6.68. The number of carbonyl (C=O) groups is 1. The standard InChI is InChI=1S/C20H25NO4S/c1-14(2)12-19(16-8-6-5-7-9-16)21-26(23,24)17-11-10-15(3)18(13-17)20(22)25-4/h5-11,13-14,19,21H,12H2,1-4H3/t19-/m0/s1. The Labute approximate surface area is 155 Å². The summed E-state index contributed by atoms with van der Waals surface area (Å²) in [5.74, 6) is -0.243. The van der Waals surface area contributed by atoms with Crippen LogP contribution in [-0.4, -0.2) is 21.5 Å². The average molecular weight is 375 g/mol. The van der Waals surface area contributed by atoms with Crippen molar-refractivity contribution in [3.63, 3.8) is 0 Å². The van der Waals surface area contributed by atoms with Gasteiger partial charge in [-0.1, -0.05) is 50.2 Å². The normalized spacial score (nSPS) is 12.8. The van der Waals surface area contributed by atoms with Gasteiger partial charge in [0.15, 0.2) is 0 Å². The quantitative estimate of drug-likeness (QED) is 0.746. The van der Waals surface area contributed by atoms with E-state index >= 15 is 0 Å². The van der Waals surface area contributed by atoms with Crippen molar-refractivity contribution in [2.75, 3.05) is 7.11 Å². The molecule has 6 heteroatoms. The lowest BCUT2D eigenvalue weighted by Crippen LogP contribution is -2.30. The maximum absolute atomic E-state index is 12.9. The summed E-state index contributed by atoms with van der Waals surface area (Å²) in [6.45, 7) is 5.83. The van der Waals surface area contributed by atoms with Gasteiger partial charge in [0, 0.05) is 6.04 Å². The summed E-state index contributed by atoms with van der Waals surface area (Å²) in [6, 6.07) is 13.6. The fourth-order valence-electron chi connectivity index (χ4n) is 2.76. The minimum atomic E-state index is -3.79. The summed E-state index contributed by atoms with van der Waals surface area (Å²) in [5.41, 5.74) is 1.82. The molecule has 0 saturated carbocycles. The molecule has 0 spiro atoms. The van der Waals surface area contributed by atoms with E-state index in [0.29, 0.717) is 17.9 Å². The molecule has 0 aliphatic carbocycles. The minimum absolute atomic E-state index is 0.0492. The average Bonchev–Trinajstić information content (AvgIpc) is 2.61. The fourth-order valence-corrected chi connectivity index (χ4v) is 4.03. The first-order valence-corrected chi connectivity index (χ1v) is 9.99. The first kappa shape index (κ1) is 20.1. The maximum atomic E-state index is 12.9. The summed E-state index contributed by atoms with van der Waals surface area (Å²) in [4.78, 5) is 11.9. The Morgan fingerprint density at radius 1 is 1.12 bits per heavy atom. The molecule has 0 fully saturated rings. The summed E-state index contributed by atoms with van der Waals surface area (Å²) < 4.78 is 33.3. The Hall–Kier alpha value is -2.18. The van der Waals surface area contributed by atoms with Crippen LogP contribution < -0.4 is 4.72 Å². The number of hydrogen-bond acceptors (Lipinski definition) is 4. The van der Waals surface area contributed by atoms with Crippen LogP contribution in [-0.2, 0) is 14.8 Å². The lowest BCUT2D eigenvalue weighted by atomic mass is 9.98. The number of methoxy groups -OCH3 is 1. The Bertz CT molecular complexity index is 861. The van der Waals surface area contributed by atoms with Crippen molar-refractivity contribution in [1.29, 1.82) is 0 Å². The first-order chi connectivity index (χ1) is 12.2. The van der Waals surface area contributed by atoms with Crippen LogP contribution in [0.4, 0.5) is 0 Å². The molecule has 0 aromatic heterocycles. The molecule has 0 aliphatic rings. The van der Waals surface area contributed by atoms with E-state index in [9.17, 15) is 13.2 Å². The van der Waals surface area contributed by atoms with Crippen molar-refractivity contribution in [2.45, 2.75) is 38.1 Å². The number of sulfonamides is 1. The number of ether oxygens (including phenoxy) is 1. The summed E-state index contributed by atoms with van der Waals surface area (Å²) >= 11 is 0. The van der Waals surface area contributed by atoms with E-state index in [1.54, 1.807) is 13.0 Å². The molecule has 2 aromatic rings. The van der Waals surface area contributed by atoms with Gasteiger partial charge in [0.25, 0.3) is 0 Å². The molecule has 0 aliphatic heterocycles. The second kappa shape index (κ2) is 8.47. The third kappa shape index (κ3) is 4.93. The zero-order chi connectivity index (χ0) is 19.3. The molecular weight excluding hydrogens is 350 g/mol. The van der Waals surface area contributed by atoms with Gasteiger partial charge in [-0.15, -0.1) is 0 Å². The molecule has 0 saturated heterocycles. The highest BCUT2D eigenvalue weighted by Gasteiger charge is 2.24. The van der Waals surface area contributed by atoms with Crippen LogP contribution >= 0.6 is 0 Å². The third-order valence-corrected chi connectivity index (χ3v) is 5.60. The predicted octanol–water partition coefficient (Wildman–Crippen LogP) is 3.85. The molecule has 0 heterocycles. The van der Waals surface area contributed by atoms with E-state index < -0.39 is 16.0 Å². The zero-order valence-corrected chi connectivity index (χ0v) is 16.3. The van der Waals surface area contributed by atoms with Crippen LogP contribution in [0, 0.1) is 12.8 Å². The molecule has 1 N–H and O–H groups in total. The minimum Gasteiger partial charge on any atom is -0.465 e. The SMILES string of the molecule is COC(=O)c1cc(S(=O)(=O)N[C@@H](CC(C)C)c2ccccc2)ccc1C. The number of esters is 1. The molecule has 1 atom stereocenters. The van der Waals surface area contributed by atoms with Gasteiger partial charge in [-0.05, 0) is 42.5 Å². The molecule has 0 radical (unpaired) electrons. The highest BCUT2D eigenvalue weighted by Crippen LogP contribution is 2.25. The predicted molar refractivity (Wildman–Crippen MR) is 101 cm³/mol. The Kier molecular flexibility index (Phi) is 6.56. The molecular formula is C20H25NO4S. The monoisotopic (exact) mass is 375 g/mol. The number of carbonyl (C=O) groups excluding carboxylic acids is 1. The molecule has 2 rings (SSSR count). The summed E-state index contributed by atoms with van der Waals surface area (Å²) in [6.07, 6.45) is 0.666. The van der Waals surface area contributed by atoms with Gasteiger partial charge in [0.05, 0.1) is 17.6 Å². The number of hydrogen-bond donors (Lipinski definition) is 1. The highest BCUT2D eigenvalue weighted by molar-refractivity contribution is 7.89. The van der Waals surface area contributed by atoms with Gasteiger partial charge in [-0.25, -0.2) is 17.9 Å². The van der Waals surface area contributed by atoms with E-state index in [1.807, 2.05) is 44.2 Å². The Balaban J connectivity index is 2.38. The molecule has 2 aromatic carbocycles. The van der Waals surface area contributed by atoms with E-state index in [4.69, 9.17) is 4.74 Å². The molecule has 5 nitrogen and oxygen atoms in total. The van der Waals surface area contributed by atoms with Crippen LogP contribution in [0.3, 0.4) is 0 Å². The second-order valence-corrected chi connectivity index (χ2v) is 8.40. The van der Waals surface area contributed by atoms with E-state index in [2.05, 4.69) is 4.72 Å². The van der Waals surface area contributed by atoms with Crippen molar-refractivity contribution >= 4 is 16.0 Å². The molecule has 140 valence electrons. The van der Waals surface area contributed by atoms with Crippen molar-refractivity contribution in [2.24, 2.45) is 5.92 Å². The largest absolute Gasteiger partial charge is 0.465 e. The van der Waals surface area contributed by atoms with Gasteiger partial charge in [0.2, 0.25) is 10.0 Å². The van der Waals surface area contributed by atoms with Crippen molar-refractivity contribution < 1.29 is 17.9 Å². The van der Waals surface area contributed by atoms with Crippen molar-refractivity contribution in [3.05, 3.63) is 65.2 Å². The smallest absolute Gasteiger partial charge is 0.338 e. The summed E-state index contributed by atoms with van der Waals surface area (Å²) in [5, 5.41) is 0. The lowest BCUT2D eigenvalue weighted by molar-refractivity contribution is 0.0599. The lowest BCUT2D eigenvalue weighted by Gasteiger charge is -2.21. The summed E-state index contributed by atoms with van der Waals surface area (Å²) in [7, 11) is -2.52. The highest BCUT2D eigenvalue weighted by atomic mass is 32.2. The van der Waals surface area contributed by atoms with Crippen molar-refractivity contribution in [1.82, 2.24) is 4.72 Å². The van der Waals surface area contributed by atoms with Crippen molar-refractivity contribution in [3.8, 4) is 0 Å². The van der Waals surface area contributed by atoms with E-state index in [0.717, 1.165) is 5.56 Å². The van der Waals surface area contributed by atoms with Gasteiger partial charge < -0.3 is 4.74 Å².